The van der Waals surface area contributed by atoms with Crippen molar-refractivity contribution in [1.82, 2.24) is 5.32 Å². The van der Waals surface area contributed by atoms with Gasteiger partial charge in [0.15, 0.2) is 0 Å². The van der Waals surface area contributed by atoms with Gasteiger partial charge in [-0.2, -0.15) is 0 Å². The van der Waals surface area contributed by atoms with E-state index in [1.807, 2.05) is 13.8 Å². The number of nitrogens with one attached hydrogen (secondary N) is 1. The third-order valence-corrected chi connectivity index (χ3v) is 5.89. The molecule has 0 aliphatic heterocycles. The van der Waals surface area contributed by atoms with E-state index >= 15 is 0 Å². The molecule has 2 aromatic rings. The summed E-state index contributed by atoms with van der Waals surface area (Å²) in [5.41, 5.74) is 1.68. The lowest BCUT2D eigenvalue weighted by molar-refractivity contribution is 0.0954. The van der Waals surface area contributed by atoms with Gasteiger partial charge in [-0.15, -0.1) is 0 Å². The number of benzene rings is 2. The average Bonchev–Trinajstić information content (AvgIpc) is 2.59. The van der Waals surface area contributed by atoms with E-state index in [1.54, 1.807) is 30.3 Å². The fourth-order valence-electron chi connectivity index (χ4n) is 2.22. The molecular formula is C18H21ClN2O3S. The SMILES string of the molecule is CCCNC(=O)c1ccc(N(C)S(=O)(=O)c2ccc(C)cc2)cc1Cl. The fourth-order valence-corrected chi connectivity index (χ4v) is 3.67. The largest absolute Gasteiger partial charge is 0.352 e. The molecule has 0 saturated carbocycles. The third kappa shape index (κ3) is 4.32. The summed E-state index contributed by atoms with van der Waals surface area (Å²) < 4.78 is 26.6. The van der Waals surface area contributed by atoms with Gasteiger partial charge in [-0.05, 0) is 43.7 Å². The number of nitrogens with zero attached hydrogens (tertiary/aromatic N) is 1. The normalized spacial score (nSPS) is 11.2. The lowest BCUT2D eigenvalue weighted by atomic mass is 10.2. The van der Waals surface area contributed by atoms with Crippen LogP contribution in [0.15, 0.2) is 47.4 Å². The summed E-state index contributed by atoms with van der Waals surface area (Å²) in [5.74, 6) is -0.276. The quantitative estimate of drug-likeness (QED) is 0.832. The number of sulfonamides is 1. The summed E-state index contributed by atoms with van der Waals surface area (Å²) in [4.78, 5) is 12.2. The van der Waals surface area contributed by atoms with Crippen LogP contribution >= 0.6 is 11.6 Å². The van der Waals surface area contributed by atoms with Crippen LogP contribution in [0.2, 0.25) is 5.02 Å². The van der Waals surface area contributed by atoms with Crippen LogP contribution in [-0.4, -0.2) is 27.9 Å². The summed E-state index contributed by atoms with van der Waals surface area (Å²) in [7, 11) is -2.24. The number of hydrogen-bond acceptors (Lipinski definition) is 3. The van der Waals surface area contributed by atoms with Crippen LogP contribution in [0, 0.1) is 6.92 Å². The second-order valence-electron chi connectivity index (χ2n) is 5.71. The molecular weight excluding hydrogens is 360 g/mol. The first-order chi connectivity index (χ1) is 11.8. The third-order valence-electron chi connectivity index (χ3n) is 3.78. The molecule has 134 valence electrons. The van der Waals surface area contributed by atoms with Gasteiger partial charge in [0, 0.05) is 13.6 Å². The Balaban J connectivity index is 2.30. The number of amides is 1. The van der Waals surface area contributed by atoms with Crippen LogP contribution in [0.1, 0.15) is 29.3 Å². The summed E-state index contributed by atoms with van der Waals surface area (Å²) in [5, 5.41) is 2.95. The lowest BCUT2D eigenvalue weighted by Crippen LogP contribution is -2.27. The Bertz CT molecular complexity index is 864. The highest BCUT2D eigenvalue weighted by molar-refractivity contribution is 7.92. The molecule has 5 nitrogen and oxygen atoms in total. The Kier molecular flexibility index (Phi) is 6.08. The predicted octanol–water partition coefficient (Wildman–Crippen LogP) is 3.61. The first-order valence-corrected chi connectivity index (χ1v) is 9.72. The van der Waals surface area contributed by atoms with E-state index in [2.05, 4.69) is 5.32 Å². The topological polar surface area (TPSA) is 66.5 Å². The minimum Gasteiger partial charge on any atom is -0.352 e. The van der Waals surface area contributed by atoms with Crippen LogP contribution in [0.25, 0.3) is 0 Å². The highest BCUT2D eigenvalue weighted by Gasteiger charge is 2.22. The molecule has 0 spiro atoms. The van der Waals surface area contributed by atoms with Crippen molar-refractivity contribution in [2.75, 3.05) is 17.9 Å². The van der Waals surface area contributed by atoms with Crippen molar-refractivity contribution in [3.63, 3.8) is 0 Å². The zero-order valence-corrected chi connectivity index (χ0v) is 16.0. The minimum absolute atomic E-state index is 0.196. The standard InChI is InChI=1S/C18H21ClN2O3S/c1-4-11-20-18(22)16-10-7-14(12-17(16)19)21(3)25(23,24)15-8-5-13(2)6-9-15/h5-10,12H,4,11H2,1-3H3,(H,20,22). The maximum Gasteiger partial charge on any atom is 0.264 e. The zero-order valence-electron chi connectivity index (χ0n) is 14.4. The number of carbonyl (C=O) groups is 1. The fraction of sp³-hybridized carbons (Fsp3) is 0.278. The van der Waals surface area contributed by atoms with E-state index in [0.717, 1.165) is 16.3 Å². The molecule has 0 aliphatic carbocycles. The van der Waals surface area contributed by atoms with Gasteiger partial charge in [0.25, 0.3) is 15.9 Å². The number of rotatable bonds is 6. The molecule has 7 heteroatoms. The summed E-state index contributed by atoms with van der Waals surface area (Å²) in [6.07, 6.45) is 0.818. The van der Waals surface area contributed by atoms with Crippen molar-refractivity contribution in [2.24, 2.45) is 0 Å². The number of aryl methyl sites for hydroxylation is 1. The van der Waals surface area contributed by atoms with Gasteiger partial charge in [-0.3, -0.25) is 9.10 Å². The minimum atomic E-state index is -3.70. The maximum atomic E-state index is 12.7. The molecule has 0 atom stereocenters. The van der Waals surface area contributed by atoms with Crippen molar-refractivity contribution in [3.8, 4) is 0 Å². The predicted molar refractivity (Wildman–Crippen MR) is 101 cm³/mol. The molecule has 0 aromatic heterocycles. The van der Waals surface area contributed by atoms with Crippen molar-refractivity contribution in [2.45, 2.75) is 25.2 Å². The molecule has 2 aromatic carbocycles. The molecule has 1 N–H and O–H groups in total. The number of anilines is 1. The van der Waals surface area contributed by atoms with Crippen molar-refractivity contribution in [1.29, 1.82) is 0 Å². The molecule has 0 unspecified atom stereocenters. The highest BCUT2D eigenvalue weighted by atomic mass is 35.5. The molecule has 0 aliphatic rings. The van der Waals surface area contributed by atoms with E-state index in [-0.39, 0.29) is 15.8 Å². The van der Waals surface area contributed by atoms with E-state index < -0.39 is 10.0 Å². The molecule has 0 fully saturated rings. The second kappa shape index (κ2) is 7.89. The second-order valence-corrected chi connectivity index (χ2v) is 8.08. The number of carbonyl (C=O) groups excluding carboxylic acids is 1. The molecule has 0 radical (unpaired) electrons. The molecule has 0 saturated heterocycles. The van der Waals surface area contributed by atoms with E-state index in [4.69, 9.17) is 11.6 Å². The molecule has 2 rings (SSSR count). The maximum absolute atomic E-state index is 12.7. The first kappa shape index (κ1) is 19.3. The van der Waals surface area contributed by atoms with Gasteiger partial charge in [0.1, 0.15) is 0 Å². The van der Waals surface area contributed by atoms with Gasteiger partial charge >= 0.3 is 0 Å². The van der Waals surface area contributed by atoms with E-state index in [0.29, 0.717) is 17.8 Å². The lowest BCUT2D eigenvalue weighted by Gasteiger charge is -2.20. The van der Waals surface area contributed by atoms with Crippen LogP contribution in [0.3, 0.4) is 0 Å². The summed E-state index contributed by atoms with van der Waals surface area (Å²) in [6.45, 7) is 4.40. The highest BCUT2D eigenvalue weighted by Crippen LogP contribution is 2.27. The van der Waals surface area contributed by atoms with Crippen LogP contribution in [-0.2, 0) is 10.0 Å². The van der Waals surface area contributed by atoms with Gasteiger partial charge < -0.3 is 5.32 Å². The van der Waals surface area contributed by atoms with Gasteiger partial charge in [-0.1, -0.05) is 36.2 Å². The van der Waals surface area contributed by atoms with Gasteiger partial charge in [0.05, 0.1) is 21.2 Å². The zero-order chi connectivity index (χ0) is 18.6. The van der Waals surface area contributed by atoms with Crippen molar-refractivity contribution < 1.29 is 13.2 Å². The summed E-state index contributed by atoms with van der Waals surface area (Å²) in [6, 6.07) is 11.2. The van der Waals surface area contributed by atoms with Crippen LogP contribution in [0.4, 0.5) is 5.69 Å². The smallest absolute Gasteiger partial charge is 0.264 e. The van der Waals surface area contributed by atoms with E-state index in [1.165, 1.54) is 19.2 Å². The Hall–Kier alpha value is -2.05. The summed E-state index contributed by atoms with van der Waals surface area (Å²) >= 11 is 6.18. The van der Waals surface area contributed by atoms with E-state index in [9.17, 15) is 13.2 Å². The van der Waals surface area contributed by atoms with Crippen LogP contribution in [0.5, 0.6) is 0 Å². The monoisotopic (exact) mass is 380 g/mol. The first-order valence-electron chi connectivity index (χ1n) is 7.90. The number of halogens is 1. The number of hydrogen-bond donors (Lipinski definition) is 1. The van der Waals surface area contributed by atoms with Crippen molar-refractivity contribution >= 4 is 33.2 Å². The Morgan fingerprint density at radius 3 is 2.36 bits per heavy atom. The Morgan fingerprint density at radius 1 is 1.16 bits per heavy atom. The molecule has 25 heavy (non-hydrogen) atoms. The Labute approximate surface area is 153 Å². The van der Waals surface area contributed by atoms with Crippen LogP contribution < -0.4 is 9.62 Å². The average molecular weight is 381 g/mol. The molecule has 1 amide bonds. The van der Waals surface area contributed by atoms with Crippen molar-refractivity contribution in [3.05, 3.63) is 58.6 Å². The Morgan fingerprint density at radius 2 is 1.80 bits per heavy atom. The molecule has 0 heterocycles. The molecule has 0 bridgehead atoms. The van der Waals surface area contributed by atoms with Gasteiger partial charge in [-0.25, -0.2) is 8.42 Å². The van der Waals surface area contributed by atoms with Gasteiger partial charge in [0.2, 0.25) is 0 Å².